The van der Waals surface area contributed by atoms with Crippen LogP contribution in [0.3, 0.4) is 0 Å². The van der Waals surface area contributed by atoms with Crippen LogP contribution in [0.15, 0.2) is 69.7 Å². The fraction of sp³-hybridized carbons (Fsp3) is 0.348. The van der Waals surface area contributed by atoms with Gasteiger partial charge in [-0.2, -0.15) is 0 Å². The van der Waals surface area contributed by atoms with Crippen LogP contribution < -0.4 is 0 Å². The number of fused-ring (bicyclic) bond motifs is 1. The molecule has 0 bridgehead atoms. The zero-order chi connectivity index (χ0) is 21.7. The Hall–Kier alpha value is -1.96. The molecule has 0 saturated carbocycles. The van der Waals surface area contributed by atoms with Crippen molar-refractivity contribution in [3.05, 3.63) is 75.9 Å². The van der Waals surface area contributed by atoms with Crippen LogP contribution in [0, 0.1) is 12.3 Å². The van der Waals surface area contributed by atoms with E-state index in [9.17, 15) is 18.3 Å². The Balaban J connectivity index is 1.98. The number of aliphatic hydroxyl groups is 1. The minimum absolute atomic E-state index is 0.139. The van der Waals surface area contributed by atoms with Crippen molar-refractivity contribution in [2.45, 2.75) is 50.2 Å². The number of aliphatic hydroxyl groups excluding tert-OH is 1. The van der Waals surface area contributed by atoms with Gasteiger partial charge in [-0.3, -0.25) is 9.10 Å². The van der Waals surface area contributed by atoms with Gasteiger partial charge in [-0.05, 0) is 56.9 Å². The van der Waals surface area contributed by atoms with E-state index in [2.05, 4.69) is 15.9 Å². The molecule has 0 amide bonds. The molecule has 158 valence electrons. The van der Waals surface area contributed by atoms with E-state index in [4.69, 9.17) is 0 Å². The van der Waals surface area contributed by atoms with Crippen LogP contribution in [-0.2, 0) is 14.8 Å². The van der Waals surface area contributed by atoms with Gasteiger partial charge in [0, 0.05) is 10.2 Å². The highest BCUT2D eigenvalue weighted by molar-refractivity contribution is 9.10. The Bertz CT molecular complexity index is 1130. The highest BCUT2D eigenvalue weighted by atomic mass is 79.9. The van der Waals surface area contributed by atoms with Gasteiger partial charge in [-0.25, -0.2) is 8.42 Å². The van der Waals surface area contributed by atoms with Crippen molar-refractivity contribution < 1.29 is 18.3 Å². The summed E-state index contributed by atoms with van der Waals surface area (Å²) in [4.78, 5) is 13.4. The minimum atomic E-state index is -4.03. The van der Waals surface area contributed by atoms with Gasteiger partial charge in [0.25, 0.3) is 10.0 Å². The van der Waals surface area contributed by atoms with Gasteiger partial charge in [0.2, 0.25) is 0 Å². The number of halogens is 1. The molecule has 2 aromatic rings. The normalized spacial score (nSPS) is 26.9. The molecule has 0 unspecified atom stereocenters. The van der Waals surface area contributed by atoms with Gasteiger partial charge >= 0.3 is 0 Å². The van der Waals surface area contributed by atoms with Crippen LogP contribution >= 0.6 is 15.9 Å². The number of allylic oxidation sites excluding steroid dienone is 2. The number of hydrogen-bond acceptors (Lipinski definition) is 4. The highest BCUT2D eigenvalue weighted by Crippen LogP contribution is 2.52. The van der Waals surface area contributed by atoms with Crippen LogP contribution in [0.2, 0.25) is 0 Å². The van der Waals surface area contributed by atoms with Crippen molar-refractivity contribution in [1.82, 2.24) is 4.31 Å². The summed E-state index contributed by atoms with van der Waals surface area (Å²) in [6, 6.07) is 12.7. The van der Waals surface area contributed by atoms with E-state index in [0.29, 0.717) is 28.6 Å². The molecule has 7 heteroatoms. The van der Waals surface area contributed by atoms with Crippen LogP contribution in [-0.4, -0.2) is 29.7 Å². The lowest BCUT2D eigenvalue weighted by Gasteiger charge is -2.50. The van der Waals surface area contributed by atoms with Crippen molar-refractivity contribution in [3.63, 3.8) is 0 Å². The van der Waals surface area contributed by atoms with Crippen molar-refractivity contribution in [2.75, 3.05) is 0 Å². The zero-order valence-corrected chi connectivity index (χ0v) is 19.3. The average Bonchev–Trinajstić information content (AvgIpc) is 2.72. The van der Waals surface area contributed by atoms with Gasteiger partial charge in [0.1, 0.15) is 12.1 Å². The van der Waals surface area contributed by atoms with Crippen molar-refractivity contribution >= 4 is 31.7 Å². The van der Waals surface area contributed by atoms with Crippen molar-refractivity contribution in [1.29, 1.82) is 0 Å². The molecule has 1 aliphatic heterocycles. The Morgan fingerprint density at radius 3 is 2.47 bits per heavy atom. The summed E-state index contributed by atoms with van der Waals surface area (Å²) in [6.07, 6.45) is 2.36. The number of nitrogens with zero attached hydrogens (tertiary/aromatic N) is 1. The number of hydrogen-bond donors (Lipinski definition) is 1. The molecule has 4 rings (SSSR count). The number of sulfonamides is 1. The molecule has 0 spiro atoms. The van der Waals surface area contributed by atoms with Gasteiger partial charge in [0.05, 0.1) is 10.3 Å². The molecule has 2 aliphatic rings. The molecule has 1 heterocycles. The molecular formula is C23H24BrNO4S. The number of carbonyl (C=O) groups is 1. The van der Waals surface area contributed by atoms with E-state index in [1.165, 1.54) is 4.31 Å². The molecule has 1 aliphatic carbocycles. The maximum atomic E-state index is 13.9. The summed E-state index contributed by atoms with van der Waals surface area (Å²) >= 11 is 3.48. The van der Waals surface area contributed by atoms with Crippen LogP contribution in [0.25, 0.3) is 0 Å². The lowest BCUT2D eigenvalue weighted by atomic mass is 9.68. The van der Waals surface area contributed by atoms with Crippen molar-refractivity contribution in [2.24, 2.45) is 5.41 Å². The quantitative estimate of drug-likeness (QED) is 0.688. The molecule has 5 nitrogen and oxygen atoms in total. The molecule has 1 N–H and O–H groups in total. The van der Waals surface area contributed by atoms with E-state index in [-0.39, 0.29) is 10.7 Å². The standard InChI is InChI=1S/C23H24BrNO4S/c1-15-10-12-16(13-11-15)30(28,29)25-19-9-5-6-14-23(19,2)22(27)21(26)20(25)17-7-3-4-8-18(17)24/h3-4,7-13,20-21,26H,5-6,14H2,1-2H3/t20-,21-,23+/m0/s1. The Labute approximate surface area is 185 Å². The second kappa shape index (κ2) is 7.62. The number of rotatable bonds is 3. The van der Waals surface area contributed by atoms with E-state index in [1.54, 1.807) is 49.4 Å². The molecular weight excluding hydrogens is 466 g/mol. The monoisotopic (exact) mass is 489 g/mol. The molecule has 2 aromatic carbocycles. The first-order chi connectivity index (χ1) is 14.2. The molecule has 3 atom stereocenters. The van der Waals surface area contributed by atoms with Gasteiger partial charge < -0.3 is 5.11 Å². The number of piperidine rings is 1. The zero-order valence-electron chi connectivity index (χ0n) is 16.9. The number of ketones is 1. The SMILES string of the molecule is Cc1ccc(S(=O)(=O)N2C3=CCCC[C@@]3(C)C(=O)[C@@H](O)[C@@H]2c2ccccc2Br)cc1. The largest absolute Gasteiger partial charge is 0.383 e. The summed E-state index contributed by atoms with van der Waals surface area (Å²) in [5.74, 6) is -0.329. The number of Topliss-reactive ketones (excluding diaryl/α,β-unsaturated/α-hetero) is 1. The first-order valence-corrected chi connectivity index (χ1v) is 12.2. The fourth-order valence-corrected chi connectivity index (χ4v) is 6.78. The summed E-state index contributed by atoms with van der Waals surface area (Å²) in [5.41, 5.74) is 0.938. The summed E-state index contributed by atoms with van der Waals surface area (Å²) in [6.45, 7) is 3.64. The number of benzene rings is 2. The third-order valence-electron chi connectivity index (χ3n) is 6.19. The van der Waals surface area contributed by atoms with Gasteiger partial charge in [-0.15, -0.1) is 0 Å². The smallest absolute Gasteiger partial charge is 0.264 e. The third-order valence-corrected chi connectivity index (χ3v) is 8.72. The van der Waals surface area contributed by atoms with Crippen LogP contribution in [0.4, 0.5) is 0 Å². The maximum Gasteiger partial charge on any atom is 0.264 e. The van der Waals surface area contributed by atoms with Gasteiger partial charge in [0.15, 0.2) is 5.78 Å². The maximum absolute atomic E-state index is 13.9. The highest BCUT2D eigenvalue weighted by Gasteiger charge is 2.56. The lowest BCUT2D eigenvalue weighted by Crippen LogP contribution is -2.57. The second-order valence-electron chi connectivity index (χ2n) is 8.20. The molecule has 0 radical (unpaired) electrons. The van der Waals surface area contributed by atoms with Crippen LogP contribution in [0.5, 0.6) is 0 Å². The van der Waals surface area contributed by atoms with E-state index in [0.717, 1.165) is 12.0 Å². The summed E-state index contributed by atoms with van der Waals surface area (Å²) in [7, 11) is -4.03. The topological polar surface area (TPSA) is 74.7 Å². The molecule has 0 aromatic heterocycles. The van der Waals surface area contributed by atoms with E-state index in [1.807, 2.05) is 19.1 Å². The van der Waals surface area contributed by atoms with Gasteiger partial charge in [-0.1, -0.05) is 57.9 Å². The average molecular weight is 490 g/mol. The predicted molar refractivity (Wildman–Crippen MR) is 118 cm³/mol. The van der Waals surface area contributed by atoms with E-state index < -0.39 is 27.6 Å². The Morgan fingerprint density at radius 1 is 1.13 bits per heavy atom. The Kier molecular flexibility index (Phi) is 5.41. The summed E-state index contributed by atoms with van der Waals surface area (Å²) < 4.78 is 29.7. The predicted octanol–water partition coefficient (Wildman–Crippen LogP) is 4.51. The van der Waals surface area contributed by atoms with Crippen LogP contribution in [0.1, 0.15) is 43.4 Å². The number of aryl methyl sites for hydroxylation is 1. The molecule has 1 saturated heterocycles. The minimum Gasteiger partial charge on any atom is -0.383 e. The number of carbonyl (C=O) groups excluding carboxylic acids is 1. The lowest BCUT2D eigenvalue weighted by molar-refractivity contribution is -0.143. The third kappa shape index (κ3) is 3.24. The molecule has 30 heavy (non-hydrogen) atoms. The van der Waals surface area contributed by atoms with E-state index >= 15 is 0 Å². The Morgan fingerprint density at radius 2 is 1.80 bits per heavy atom. The fourth-order valence-electron chi connectivity index (χ4n) is 4.49. The first kappa shape index (κ1) is 21.3. The summed E-state index contributed by atoms with van der Waals surface area (Å²) in [5, 5.41) is 11.1. The molecule has 1 fully saturated rings. The second-order valence-corrected chi connectivity index (χ2v) is 10.9. The first-order valence-electron chi connectivity index (χ1n) is 9.96. The van der Waals surface area contributed by atoms with Crippen molar-refractivity contribution in [3.8, 4) is 0 Å².